The van der Waals surface area contributed by atoms with Crippen LogP contribution in [0.3, 0.4) is 0 Å². The Labute approximate surface area is 134 Å². The molecule has 1 spiro atoms. The fourth-order valence-electron chi connectivity index (χ4n) is 4.72. The van der Waals surface area contributed by atoms with Crippen molar-refractivity contribution < 1.29 is 0 Å². The maximum Gasteiger partial charge on any atom is 0.0408 e. The van der Waals surface area contributed by atoms with Crippen LogP contribution in [0, 0.1) is 17.3 Å². The van der Waals surface area contributed by atoms with E-state index in [0.29, 0.717) is 11.3 Å². The van der Waals surface area contributed by atoms with Crippen LogP contribution in [-0.4, -0.2) is 13.1 Å². The minimum absolute atomic E-state index is 0.503. The molecule has 116 valence electrons. The molecular weight excluding hydrogens is 278 g/mol. The smallest absolute Gasteiger partial charge is 0.0408 e. The Bertz CT molecular complexity index is 480. The van der Waals surface area contributed by atoms with E-state index in [0.717, 1.165) is 23.4 Å². The van der Waals surface area contributed by atoms with Gasteiger partial charge in [-0.2, -0.15) is 0 Å². The van der Waals surface area contributed by atoms with Gasteiger partial charge in [0.15, 0.2) is 0 Å². The molecule has 1 saturated carbocycles. The Balaban J connectivity index is 1.90. The molecule has 3 unspecified atom stereocenters. The average molecular weight is 306 g/mol. The lowest BCUT2D eigenvalue weighted by atomic mass is 9.57. The van der Waals surface area contributed by atoms with Gasteiger partial charge in [-0.25, -0.2) is 0 Å². The molecule has 21 heavy (non-hydrogen) atoms. The maximum atomic E-state index is 6.25. The molecule has 1 N–H and O–H groups in total. The van der Waals surface area contributed by atoms with Crippen molar-refractivity contribution in [3.63, 3.8) is 0 Å². The minimum atomic E-state index is 0.503. The van der Waals surface area contributed by atoms with Crippen molar-refractivity contribution in [2.45, 2.75) is 51.9 Å². The van der Waals surface area contributed by atoms with Crippen molar-refractivity contribution in [3.05, 3.63) is 34.9 Å². The van der Waals surface area contributed by atoms with Gasteiger partial charge in [0.2, 0.25) is 0 Å². The van der Waals surface area contributed by atoms with Crippen molar-refractivity contribution >= 4 is 11.6 Å². The first kappa shape index (κ1) is 15.4. The highest BCUT2D eigenvalue weighted by Crippen LogP contribution is 2.53. The average Bonchev–Trinajstić information content (AvgIpc) is 2.48. The van der Waals surface area contributed by atoms with Gasteiger partial charge in [0.25, 0.3) is 0 Å². The molecule has 1 aromatic carbocycles. The number of piperidine rings is 1. The Morgan fingerprint density at radius 1 is 1.29 bits per heavy atom. The van der Waals surface area contributed by atoms with Gasteiger partial charge in [0.1, 0.15) is 0 Å². The van der Waals surface area contributed by atoms with Gasteiger partial charge in [-0.15, -0.1) is 0 Å². The zero-order chi connectivity index (χ0) is 14.9. The first-order chi connectivity index (χ1) is 10.1. The van der Waals surface area contributed by atoms with Crippen molar-refractivity contribution in [3.8, 4) is 0 Å². The first-order valence-corrected chi connectivity index (χ1v) is 8.95. The molecule has 3 rings (SSSR count). The zero-order valence-electron chi connectivity index (χ0n) is 13.4. The van der Waals surface area contributed by atoms with E-state index in [-0.39, 0.29) is 0 Å². The zero-order valence-corrected chi connectivity index (χ0v) is 14.1. The number of hydrogen-bond acceptors (Lipinski definition) is 1. The first-order valence-electron chi connectivity index (χ1n) is 8.57. The summed E-state index contributed by atoms with van der Waals surface area (Å²) in [6.45, 7) is 7.10. The Kier molecular flexibility index (Phi) is 4.61. The van der Waals surface area contributed by atoms with Crippen molar-refractivity contribution in [1.29, 1.82) is 0 Å². The van der Waals surface area contributed by atoms with E-state index in [1.807, 2.05) is 6.07 Å². The summed E-state index contributed by atoms with van der Waals surface area (Å²) in [6.07, 6.45) is 6.96. The van der Waals surface area contributed by atoms with Crippen LogP contribution >= 0.6 is 11.6 Å². The molecule has 2 heteroatoms. The topological polar surface area (TPSA) is 12.0 Å². The summed E-state index contributed by atoms with van der Waals surface area (Å²) >= 11 is 6.25. The highest BCUT2D eigenvalue weighted by atomic mass is 35.5. The number of hydrogen-bond donors (Lipinski definition) is 1. The molecule has 0 bridgehead atoms. The quantitative estimate of drug-likeness (QED) is 0.787. The van der Waals surface area contributed by atoms with Crippen LogP contribution in [0.25, 0.3) is 0 Å². The fraction of sp³-hybridized carbons (Fsp3) is 0.684. The molecule has 1 nitrogen and oxygen atoms in total. The van der Waals surface area contributed by atoms with Gasteiger partial charge in [-0.3, -0.25) is 0 Å². The van der Waals surface area contributed by atoms with Crippen molar-refractivity contribution in [2.75, 3.05) is 13.1 Å². The number of benzene rings is 1. The fourth-order valence-corrected chi connectivity index (χ4v) is 4.92. The molecule has 1 heterocycles. The van der Waals surface area contributed by atoms with E-state index < -0.39 is 0 Å². The van der Waals surface area contributed by atoms with Gasteiger partial charge in [0.05, 0.1) is 0 Å². The lowest BCUT2D eigenvalue weighted by Crippen LogP contribution is -2.46. The van der Waals surface area contributed by atoms with Crippen molar-refractivity contribution in [2.24, 2.45) is 17.3 Å². The monoisotopic (exact) mass is 305 g/mol. The highest BCUT2D eigenvalue weighted by Gasteiger charge is 2.44. The highest BCUT2D eigenvalue weighted by molar-refractivity contribution is 6.30. The maximum absolute atomic E-state index is 6.25. The molecule has 1 aromatic rings. The van der Waals surface area contributed by atoms with Crippen LogP contribution in [0.5, 0.6) is 0 Å². The Morgan fingerprint density at radius 3 is 2.90 bits per heavy atom. The predicted molar refractivity (Wildman–Crippen MR) is 90.9 cm³/mol. The van der Waals surface area contributed by atoms with Crippen LogP contribution in [-0.2, 0) is 0 Å². The molecule has 1 saturated heterocycles. The molecule has 0 radical (unpaired) electrons. The lowest BCUT2D eigenvalue weighted by molar-refractivity contribution is 0.0545. The van der Waals surface area contributed by atoms with Crippen molar-refractivity contribution in [1.82, 2.24) is 5.32 Å². The summed E-state index contributed by atoms with van der Waals surface area (Å²) in [5.74, 6) is 2.35. The SMILES string of the molecule is CC(C)C1CCCC2(CCNCC2c2cccc(Cl)c2)C1. The number of nitrogens with one attached hydrogen (secondary N) is 1. The molecule has 3 atom stereocenters. The summed E-state index contributed by atoms with van der Waals surface area (Å²) in [7, 11) is 0. The van der Waals surface area contributed by atoms with Crippen LogP contribution in [0.2, 0.25) is 5.02 Å². The Morgan fingerprint density at radius 2 is 2.14 bits per heavy atom. The van der Waals surface area contributed by atoms with Gasteiger partial charge >= 0.3 is 0 Å². The summed E-state index contributed by atoms with van der Waals surface area (Å²) in [5.41, 5.74) is 1.95. The van der Waals surface area contributed by atoms with E-state index in [2.05, 4.69) is 37.4 Å². The molecule has 2 aliphatic rings. The van der Waals surface area contributed by atoms with E-state index in [4.69, 9.17) is 11.6 Å². The van der Waals surface area contributed by atoms with Gasteiger partial charge in [0, 0.05) is 17.5 Å². The second kappa shape index (κ2) is 6.30. The second-order valence-corrected chi connectivity index (χ2v) is 7.96. The predicted octanol–water partition coefficient (Wildman–Crippen LogP) is 5.25. The van der Waals surface area contributed by atoms with Gasteiger partial charge in [-0.1, -0.05) is 50.4 Å². The summed E-state index contributed by atoms with van der Waals surface area (Å²) < 4.78 is 0. The molecule has 2 fully saturated rings. The van der Waals surface area contributed by atoms with Crippen LogP contribution in [0.1, 0.15) is 57.4 Å². The van der Waals surface area contributed by atoms with Crippen LogP contribution in [0.15, 0.2) is 24.3 Å². The standard InChI is InChI=1S/C19H28ClN/c1-14(2)16-6-4-8-19(12-16)9-10-21-13-18(19)15-5-3-7-17(20)11-15/h3,5,7,11,14,16,18,21H,4,6,8-10,12-13H2,1-2H3. The third kappa shape index (κ3) is 3.14. The molecule has 1 aliphatic carbocycles. The summed E-state index contributed by atoms with van der Waals surface area (Å²) in [5, 5.41) is 4.50. The van der Waals surface area contributed by atoms with E-state index >= 15 is 0 Å². The molecule has 1 aliphatic heterocycles. The van der Waals surface area contributed by atoms with E-state index in [1.54, 1.807) is 0 Å². The number of halogens is 1. The summed E-state index contributed by atoms with van der Waals surface area (Å²) in [4.78, 5) is 0. The van der Waals surface area contributed by atoms with Crippen LogP contribution in [0.4, 0.5) is 0 Å². The molecule has 0 amide bonds. The lowest BCUT2D eigenvalue weighted by Gasteiger charge is -2.50. The largest absolute Gasteiger partial charge is 0.316 e. The van der Waals surface area contributed by atoms with E-state index in [1.165, 1.54) is 44.2 Å². The minimum Gasteiger partial charge on any atom is -0.316 e. The van der Waals surface area contributed by atoms with Gasteiger partial charge < -0.3 is 5.32 Å². The van der Waals surface area contributed by atoms with Gasteiger partial charge in [-0.05, 0) is 60.8 Å². The third-order valence-corrected chi connectivity index (χ3v) is 6.23. The number of rotatable bonds is 2. The molecule has 0 aromatic heterocycles. The van der Waals surface area contributed by atoms with E-state index in [9.17, 15) is 0 Å². The normalized spacial score (nSPS) is 33.5. The third-order valence-electron chi connectivity index (χ3n) is 6.00. The second-order valence-electron chi connectivity index (χ2n) is 7.52. The molecular formula is C19H28ClN. The Hall–Kier alpha value is -0.530. The van der Waals surface area contributed by atoms with Crippen LogP contribution < -0.4 is 5.32 Å². The summed E-state index contributed by atoms with van der Waals surface area (Å²) in [6, 6.07) is 8.58.